The van der Waals surface area contributed by atoms with E-state index in [0.717, 1.165) is 17.4 Å². The molecular weight excluding hydrogens is 344 g/mol. The SMILES string of the molecule is COc1cccc2c1[C@H](C(C)=O)[C@H]1C[C@@](O)(C(C)=C(C=O)C1(C)C)[C@@H]2OC. The van der Waals surface area contributed by atoms with Gasteiger partial charge in [0.2, 0.25) is 0 Å². The Morgan fingerprint density at radius 3 is 2.48 bits per heavy atom. The van der Waals surface area contributed by atoms with E-state index in [2.05, 4.69) is 0 Å². The molecule has 0 unspecified atom stereocenters. The average molecular weight is 372 g/mol. The number of fused-ring (bicyclic) bond motifs is 3. The second-order valence-corrected chi connectivity index (χ2v) is 8.28. The molecule has 0 spiro atoms. The number of carbonyl (C=O) groups is 2. The minimum absolute atomic E-state index is 0.0114. The van der Waals surface area contributed by atoms with Crippen LogP contribution in [0.3, 0.4) is 0 Å². The van der Waals surface area contributed by atoms with E-state index in [1.807, 2.05) is 32.0 Å². The summed E-state index contributed by atoms with van der Waals surface area (Å²) in [6, 6.07) is 5.54. The molecule has 3 rings (SSSR count). The predicted octanol–water partition coefficient (Wildman–Crippen LogP) is 3.36. The lowest BCUT2D eigenvalue weighted by molar-refractivity contribution is -0.125. The summed E-state index contributed by atoms with van der Waals surface area (Å²) in [6.07, 6.45) is 0.466. The lowest BCUT2D eigenvalue weighted by Gasteiger charge is -2.49. The molecule has 27 heavy (non-hydrogen) atoms. The third kappa shape index (κ3) is 2.59. The van der Waals surface area contributed by atoms with Gasteiger partial charge >= 0.3 is 0 Å². The van der Waals surface area contributed by atoms with Gasteiger partial charge in [0.05, 0.1) is 13.0 Å². The maximum Gasteiger partial charge on any atom is 0.146 e. The van der Waals surface area contributed by atoms with E-state index >= 15 is 0 Å². The van der Waals surface area contributed by atoms with Crippen LogP contribution >= 0.6 is 0 Å². The number of ether oxygens (including phenoxy) is 2. The van der Waals surface area contributed by atoms with Crippen LogP contribution in [0.15, 0.2) is 29.3 Å². The second-order valence-electron chi connectivity index (χ2n) is 8.28. The Morgan fingerprint density at radius 1 is 1.30 bits per heavy atom. The van der Waals surface area contributed by atoms with Crippen LogP contribution in [-0.2, 0) is 14.3 Å². The van der Waals surface area contributed by atoms with Crippen molar-refractivity contribution in [1.29, 1.82) is 0 Å². The number of carbonyl (C=O) groups excluding carboxylic acids is 2. The molecule has 0 amide bonds. The molecule has 0 saturated carbocycles. The predicted molar refractivity (Wildman–Crippen MR) is 102 cm³/mol. The summed E-state index contributed by atoms with van der Waals surface area (Å²) in [5.74, 6) is -0.172. The summed E-state index contributed by atoms with van der Waals surface area (Å²) < 4.78 is 11.4. The molecule has 5 heteroatoms. The summed E-state index contributed by atoms with van der Waals surface area (Å²) in [5, 5.41) is 11.8. The van der Waals surface area contributed by atoms with Gasteiger partial charge in [-0.15, -0.1) is 0 Å². The van der Waals surface area contributed by atoms with Crippen LogP contribution in [0.2, 0.25) is 0 Å². The molecule has 2 aliphatic rings. The number of aldehydes is 1. The van der Waals surface area contributed by atoms with Crippen molar-refractivity contribution in [3.63, 3.8) is 0 Å². The zero-order valence-corrected chi connectivity index (χ0v) is 16.8. The van der Waals surface area contributed by atoms with Gasteiger partial charge in [-0.1, -0.05) is 26.0 Å². The standard InChI is InChI=1S/C22H28O5/c1-12-16(11-23)21(3,4)15-10-22(12,25)20(27-6)14-8-7-9-17(26-5)19(14)18(15)13(2)24/h7-9,11,15,18,20,25H,10H2,1-6H3/t15-,18-,20-,22-/m1/s1. The molecule has 0 aromatic heterocycles. The van der Waals surface area contributed by atoms with Gasteiger partial charge in [0.1, 0.15) is 29.5 Å². The summed E-state index contributed by atoms with van der Waals surface area (Å²) in [5.41, 5.74) is 0.716. The smallest absolute Gasteiger partial charge is 0.146 e. The lowest BCUT2D eigenvalue weighted by Crippen LogP contribution is -2.49. The fraction of sp³-hybridized carbons (Fsp3) is 0.545. The van der Waals surface area contributed by atoms with Crippen LogP contribution in [-0.4, -0.2) is 37.0 Å². The molecule has 4 atom stereocenters. The van der Waals surface area contributed by atoms with Crippen molar-refractivity contribution in [1.82, 2.24) is 0 Å². The van der Waals surface area contributed by atoms with Crippen molar-refractivity contribution >= 4 is 12.1 Å². The summed E-state index contributed by atoms with van der Waals surface area (Å²) >= 11 is 0. The first kappa shape index (κ1) is 19.8. The number of hydrogen-bond donors (Lipinski definition) is 1. The zero-order chi connectivity index (χ0) is 20.1. The van der Waals surface area contributed by atoms with Crippen molar-refractivity contribution in [2.75, 3.05) is 14.2 Å². The number of hydrogen-bond acceptors (Lipinski definition) is 5. The van der Waals surface area contributed by atoms with E-state index in [1.165, 1.54) is 0 Å². The van der Waals surface area contributed by atoms with E-state index in [9.17, 15) is 14.7 Å². The first-order chi connectivity index (χ1) is 12.6. The Bertz CT molecular complexity index is 822. The molecule has 1 N–H and O–H groups in total. The van der Waals surface area contributed by atoms with Gasteiger partial charge in [0, 0.05) is 12.7 Å². The molecule has 2 aliphatic carbocycles. The highest BCUT2D eigenvalue weighted by atomic mass is 16.5. The Labute approximate surface area is 160 Å². The van der Waals surface area contributed by atoms with Crippen molar-refractivity contribution in [3.05, 3.63) is 40.5 Å². The number of rotatable bonds is 4. The highest BCUT2D eigenvalue weighted by molar-refractivity contribution is 5.87. The number of allylic oxidation sites excluding steroid dienone is 1. The van der Waals surface area contributed by atoms with Gasteiger partial charge in [0.15, 0.2) is 0 Å². The van der Waals surface area contributed by atoms with Crippen LogP contribution in [0.1, 0.15) is 57.3 Å². The molecule has 1 aromatic rings. The van der Waals surface area contributed by atoms with Crippen molar-refractivity contribution in [2.24, 2.45) is 11.3 Å². The minimum Gasteiger partial charge on any atom is -0.496 e. The molecule has 5 nitrogen and oxygen atoms in total. The lowest BCUT2D eigenvalue weighted by atomic mass is 9.57. The van der Waals surface area contributed by atoms with Crippen molar-refractivity contribution in [3.8, 4) is 5.75 Å². The Morgan fingerprint density at radius 2 is 1.96 bits per heavy atom. The van der Waals surface area contributed by atoms with Gasteiger partial charge in [-0.3, -0.25) is 9.59 Å². The molecule has 146 valence electrons. The van der Waals surface area contributed by atoms with Gasteiger partial charge in [0.25, 0.3) is 0 Å². The second kappa shape index (κ2) is 6.57. The van der Waals surface area contributed by atoms with Gasteiger partial charge in [-0.2, -0.15) is 0 Å². The number of methoxy groups -OCH3 is 2. The molecule has 0 saturated heterocycles. The highest BCUT2D eigenvalue weighted by Gasteiger charge is 2.58. The maximum atomic E-state index is 12.9. The third-order valence-electron chi connectivity index (χ3n) is 6.75. The first-order valence-electron chi connectivity index (χ1n) is 9.24. The Balaban J connectivity index is 2.46. The topological polar surface area (TPSA) is 72.8 Å². The quantitative estimate of drug-likeness (QED) is 0.821. The normalized spacial score (nSPS) is 31.7. The largest absolute Gasteiger partial charge is 0.496 e. The molecule has 0 heterocycles. The van der Waals surface area contributed by atoms with Crippen molar-refractivity contribution < 1.29 is 24.2 Å². The Kier molecular flexibility index (Phi) is 4.81. The van der Waals surface area contributed by atoms with Gasteiger partial charge in [-0.25, -0.2) is 0 Å². The van der Waals surface area contributed by atoms with Crippen LogP contribution in [0, 0.1) is 11.3 Å². The number of benzene rings is 1. The molecule has 2 bridgehead atoms. The van der Waals surface area contributed by atoms with Gasteiger partial charge < -0.3 is 14.6 Å². The maximum absolute atomic E-state index is 12.9. The number of aliphatic hydroxyl groups is 1. The van der Waals surface area contributed by atoms with E-state index in [1.54, 1.807) is 28.1 Å². The van der Waals surface area contributed by atoms with Crippen LogP contribution in [0.25, 0.3) is 0 Å². The molecule has 0 aliphatic heterocycles. The Hall–Kier alpha value is -1.98. The zero-order valence-electron chi connectivity index (χ0n) is 16.8. The van der Waals surface area contributed by atoms with E-state index < -0.39 is 23.0 Å². The van der Waals surface area contributed by atoms with E-state index in [-0.39, 0.29) is 11.7 Å². The van der Waals surface area contributed by atoms with Crippen LogP contribution in [0.5, 0.6) is 5.75 Å². The molecule has 0 radical (unpaired) electrons. The van der Waals surface area contributed by atoms with E-state index in [0.29, 0.717) is 23.3 Å². The summed E-state index contributed by atoms with van der Waals surface area (Å²) in [7, 11) is 3.12. The van der Waals surface area contributed by atoms with Gasteiger partial charge in [-0.05, 0) is 54.4 Å². The molecular formula is C22H28O5. The van der Waals surface area contributed by atoms with E-state index in [4.69, 9.17) is 9.47 Å². The number of Topliss-reactive ketones (excluding diaryl/α,β-unsaturated/α-hetero) is 1. The van der Waals surface area contributed by atoms with Crippen LogP contribution < -0.4 is 4.74 Å². The highest BCUT2D eigenvalue weighted by Crippen LogP contribution is 2.60. The fourth-order valence-corrected chi connectivity index (χ4v) is 5.31. The third-order valence-corrected chi connectivity index (χ3v) is 6.75. The average Bonchev–Trinajstić information content (AvgIpc) is 2.72. The molecule has 0 fully saturated rings. The number of ketones is 1. The fourth-order valence-electron chi connectivity index (χ4n) is 5.31. The summed E-state index contributed by atoms with van der Waals surface area (Å²) in [6.45, 7) is 7.31. The molecule has 1 aromatic carbocycles. The monoisotopic (exact) mass is 372 g/mol. The summed E-state index contributed by atoms with van der Waals surface area (Å²) in [4.78, 5) is 24.9. The first-order valence-corrected chi connectivity index (χ1v) is 9.24. The minimum atomic E-state index is -1.36. The van der Waals surface area contributed by atoms with Crippen molar-refractivity contribution in [2.45, 2.75) is 51.7 Å². The van der Waals surface area contributed by atoms with Crippen LogP contribution in [0.4, 0.5) is 0 Å².